The van der Waals surface area contributed by atoms with Crippen molar-refractivity contribution >= 4 is 17.5 Å². The average molecular weight is 366 g/mol. The van der Waals surface area contributed by atoms with Crippen LogP contribution in [0.5, 0.6) is 11.5 Å². The van der Waals surface area contributed by atoms with Crippen LogP contribution in [0.1, 0.15) is 40.0 Å². The van der Waals surface area contributed by atoms with Gasteiger partial charge >= 0.3 is 0 Å². The molecule has 4 rings (SSSR count). The Morgan fingerprint density at radius 1 is 0.889 bits per heavy atom. The van der Waals surface area contributed by atoms with Gasteiger partial charge in [-0.3, -0.25) is 9.59 Å². The van der Waals surface area contributed by atoms with Crippen LogP contribution in [0.2, 0.25) is 0 Å². The largest absolute Gasteiger partial charge is 0.486 e. The van der Waals surface area contributed by atoms with Crippen molar-refractivity contribution < 1.29 is 19.1 Å². The third kappa shape index (κ3) is 3.74. The molecule has 0 aromatic heterocycles. The van der Waals surface area contributed by atoms with Crippen LogP contribution in [0.4, 0.5) is 5.69 Å². The molecule has 0 unspecified atom stereocenters. The number of hydrogen-bond donors (Lipinski definition) is 1. The van der Waals surface area contributed by atoms with E-state index < -0.39 is 0 Å². The first-order chi connectivity index (χ1) is 13.2. The molecule has 0 radical (unpaired) electrons. The Morgan fingerprint density at radius 3 is 2.44 bits per heavy atom. The number of nitrogens with one attached hydrogen (secondary N) is 1. The fraction of sp³-hybridized carbons (Fsp3) is 0.333. The van der Waals surface area contributed by atoms with E-state index in [9.17, 15) is 9.59 Å². The number of carbonyl (C=O) groups excluding carboxylic acids is 2. The van der Waals surface area contributed by atoms with Crippen molar-refractivity contribution in [1.82, 2.24) is 4.90 Å². The Kier molecular flexibility index (Phi) is 4.96. The summed E-state index contributed by atoms with van der Waals surface area (Å²) in [5, 5.41) is 2.87. The molecule has 0 saturated carbocycles. The molecule has 2 heterocycles. The van der Waals surface area contributed by atoms with E-state index >= 15 is 0 Å². The monoisotopic (exact) mass is 366 g/mol. The number of ether oxygens (including phenoxy) is 2. The molecule has 6 heteroatoms. The molecule has 1 N–H and O–H groups in total. The van der Waals surface area contributed by atoms with Crippen LogP contribution in [-0.4, -0.2) is 43.0 Å². The lowest BCUT2D eigenvalue weighted by Crippen LogP contribution is -2.36. The number of anilines is 1. The quantitative estimate of drug-likeness (QED) is 0.905. The third-order valence-electron chi connectivity index (χ3n) is 4.85. The molecule has 0 bridgehead atoms. The SMILES string of the molecule is O=C(Nc1ccccc1C(=O)N1CCCCC1)c1ccc2c(c1)OCCO2. The molecule has 0 spiro atoms. The average Bonchev–Trinajstić information content (AvgIpc) is 2.74. The Bertz CT molecular complexity index is 859. The highest BCUT2D eigenvalue weighted by molar-refractivity contribution is 6.09. The molecule has 140 valence electrons. The van der Waals surface area contributed by atoms with Crippen molar-refractivity contribution in [3.8, 4) is 11.5 Å². The number of amides is 2. The van der Waals surface area contributed by atoms with Crippen LogP contribution in [0.3, 0.4) is 0 Å². The number of benzene rings is 2. The van der Waals surface area contributed by atoms with Crippen LogP contribution >= 0.6 is 0 Å². The van der Waals surface area contributed by atoms with E-state index in [-0.39, 0.29) is 11.8 Å². The van der Waals surface area contributed by atoms with Gasteiger partial charge in [-0.2, -0.15) is 0 Å². The molecule has 6 nitrogen and oxygen atoms in total. The van der Waals surface area contributed by atoms with Gasteiger partial charge in [-0.25, -0.2) is 0 Å². The second-order valence-electron chi connectivity index (χ2n) is 6.71. The van der Waals surface area contributed by atoms with Crippen molar-refractivity contribution in [2.75, 3.05) is 31.6 Å². The summed E-state index contributed by atoms with van der Waals surface area (Å²) in [5.41, 5.74) is 1.50. The highest BCUT2D eigenvalue weighted by Crippen LogP contribution is 2.31. The van der Waals surface area contributed by atoms with Gasteiger partial charge in [-0.15, -0.1) is 0 Å². The van der Waals surface area contributed by atoms with Crippen molar-refractivity contribution in [3.05, 3.63) is 53.6 Å². The number of nitrogens with zero attached hydrogens (tertiary/aromatic N) is 1. The topological polar surface area (TPSA) is 67.9 Å². The summed E-state index contributed by atoms with van der Waals surface area (Å²) in [6.07, 6.45) is 3.21. The minimum Gasteiger partial charge on any atom is -0.486 e. The van der Waals surface area contributed by atoms with E-state index in [1.807, 2.05) is 17.0 Å². The zero-order valence-electron chi connectivity index (χ0n) is 15.1. The summed E-state index contributed by atoms with van der Waals surface area (Å²) in [6.45, 7) is 2.50. The number of carbonyl (C=O) groups is 2. The zero-order chi connectivity index (χ0) is 18.6. The van der Waals surface area contributed by atoms with Crippen LogP contribution < -0.4 is 14.8 Å². The standard InChI is InChI=1S/C21H22N2O4/c24-20(15-8-9-18-19(14-15)27-13-12-26-18)22-17-7-3-2-6-16(17)21(25)23-10-4-1-5-11-23/h2-3,6-9,14H,1,4-5,10-13H2,(H,22,24). The lowest BCUT2D eigenvalue weighted by Gasteiger charge is -2.27. The van der Waals surface area contributed by atoms with Gasteiger partial charge in [0, 0.05) is 18.7 Å². The Balaban J connectivity index is 1.54. The summed E-state index contributed by atoms with van der Waals surface area (Å²) in [7, 11) is 0. The normalized spacial score (nSPS) is 15.9. The summed E-state index contributed by atoms with van der Waals surface area (Å²) >= 11 is 0. The molecular formula is C21H22N2O4. The minimum atomic E-state index is -0.286. The first-order valence-electron chi connectivity index (χ1n) is 9.32. The van der Waals surface area contributed by atoms with E-state index in [4.69, 9.17) is 9.47 Å². The summed E-state index contributed by atoms with van der Waals surface area (Å²) < 4.78 is 11.0. The van der Waals surface area contributed by atoms with E-state index in [0.29, 0.717) is 41.5 Å². The molecule has 0 aliphatic carbocycles. The highest BCUT2D eigenvalue weighted by Gasteiger charge is 2.22. The van der Waals surface area contributed by atoms with Gasteiger partial charge in [0.05, 0.1) is 11.3 Å². The number of likely N-dealkylation sites (tertiary alicyclic amines) is 1. The van der Waals surface area contributed by atoms with Crippen molar-refractivity contribution in [1.29, 1.82) is 0 Å². The van der Waals surface area contributed by atoms with Crippen LogP contribution in [0, 0.1) is 0 Å². The van der Waals surface area contributed by atoms with E-state index in [2.05, 4.69) is 5.32 Å². The molecule has 1 saturated heterocycles. The van der Waals surface area contributed by atoms with Gasteiger partial charge in [0.1, 0.15) is 13.2 Å². The number of hydrogen-bond acceptors (Lipinski definition) is 4. The lowest BCUT2D eigenvalue weighted by molar-refractivity contribution is 0.0725. The summed E-state index contributed by atoms with van der Waals surface area (Å²) in [4.78, 5) is 27.4. The van der Waals surface area contributed by atoms with Gasteiger partial charge in [0.15, 0.2) is 11.5 Å². The molecular weight excluding hydrogens is 344 g/mol. The number of fused-ring (bicyclic) bond motifs is 1. The van der Waals surface area contributed by atoms with Crippen molar-refractivity contribution in [2.45, 2.75) is 19.3 Å². The van der Waals surface area contributed by atoms with Gasteiger partial charge < -0.3 is 19.7 Å². The first kappa shape index (κ1) is 17.4. The maximum atomic E-state index is 12.9. The molecule has 2 aliphatic heterocycles. The Labute approximate surface area is 158 Å². The maximum absolute atomic E-state index is 12.9. The van der Waals surface area contributed by atoms with Crippen LogP contribution in [0.15, 0.2) is 42.5 Å². The molecule has 1 fully saturated rings. The van der Waals surface area contributed by atoms with E-state index in [1.165, 1.54) is 0 Å². The predicted molar refractivity (Wildman–Crippen MR) is 102 cm³/mol. The Morgan fingerprint density at radius 2 is 1.63 bits per heavy atom. The zero-order valence-corrected chi connectivity index (χ0v) is 15.1. The number of rotatable bonds is 3. The van der Waals surface area contributed by atoms with Crippen molar-refractivity contribution in [3.63, 3.8) is 0 Å². The third-order valence-corrected chi connectivity index (χ3v) is 4.85. The van der Waals surface area contributed by atoms with Gasteiger partial charge in [0.25, 0.3) is 11.8 Å². The van der Waals surface area contributed by atoms with Gasteiger partial charge in [-0.1, -0.05) is 12.1 Å². The second kappa shape index (κ2) is 7.70. The summed E-state index contributed by atoms with van der Waals surface area (Å²) in [5.74, 6) is 0.878. The van der Waals surface area contributed by atoms with E-state index in [1.54, 1.807) is 30.3 Å². The molecule has 2 aromatic carbocycles. The fourth-order valence-electron chi connectivity index (χ4n) is 3.43. The molecule has 0 atom stereocenters. The molecule has 2 aromatic rings. The molecule has 27 heavy (non-hydrogen) atoms. The number of piperidine rings is 1. The highest BCUT2D eigenvalue weighted by atomic mass is 16.6. The molecule has 2 aliphatic rings. The molecule has 2 amide bonds. The maximum Gasteiger partial charge on any atom is 0.255 e. The number of para-hydroxylation sites is 1. The first-order valence-corrected chi connectivity index (χ1v) is 9.32. The van der Waals surface area contributed by atoms with Gasteiger partial charge in [-0.05, 0) is 49.6 Å². The van der Waals surface area contributed by atoms with E-state index in [0.717, 1.165) is 32.4 Å². The minimum absolute atomic E-state index is 0.0345. The predicted octanol–water partition coefficient (Wildman–Crippen LogP) is 3.34. The van der Waals surface area contributed by atoms with Gasteiger partial charge in [0.2, 0.25) is 0 Å². The smallest absolute Gasteiger partial charge is 0.255 e. The van der Waals surface area contributed by atoms with Crippen LogP contribution in [0.25, 0.3) is 0 Å². The lowest BCUT2D eigenvalue weighted by atomic mass is 10.1. The summed E-state index contributed by atoms with van der Waals surface area (Å²) in [6, 6.07) is 12.2. The Hall–Kier alpha value is -3.02. The fourth-order valence-corrected chi connectivity index (χ4v) is 3.43. The second-order valence-corrected chi connectivity index (χ2v) is 6.71. The van der Waals surface area contributed by atoms with Crippen LogP contribution in [-0.2, 0) is 0 Å². The van der Waals surface area contributed by atoms with Crippen molar-refractivity contribution in [2.24, 2.45) is 0 Å².